The standard InChI is InChI=1S/C67H130O17P2/c1-8-10-11-31-41-48-64(69)77-54-62(84-67(72)51-44-37-30-29-34-40-47-60(7)9-2)56-81-85(73,74)79-52-61(68)53-80-86(75,76)82-57-63(55-78-65(70)49-42-35-27-23-20-16-18-22-26-33-39-46-59(5)6)83-66(71)50-43-36-28-24-19-15-13-12-14-17-21-25-32-38-45-58(3)4/h58-63,68H,8-57H2,1-7H3,(H,73,74)(H,75,76)/t60?,61-,62+,63+/m0/s1. The number of hydrogen-bond acceptors (Lipinski definition) is 15. The molecule has 0 aromatic heterocycles. The molecule has 0 spiro atoms. The Morgan fingerprint density at radius 3 is 0.884 bits per heavy atom. The summed E-state index contributed by atoms with van der Waals surface area (Å²) in [5, 5.41) is 10.5. The SMILES string of the molecule is CCCCCCCC(=O)OC[C@H](COP(=O)(O)OC[C@H](O)COP(=O)(O)OC[C@@H](COC(=O)CCCCCCCCCCCCCC(C)C)OC(=O)CCCCCCCCCCCCCCCCC(C)C)OC(=O)CCCCCCCCC(C)CC. The quantitative estimate of drug-likeness (QED) is 0.0222. The third kappa shape index (κ3) is 59.7. The molecule has 0 amide bonds. The largest absolute Gasteiger partial charge is 0.472 e. The van der Waals surface area contributed by atoms with E-state index in [4.69, 9.17) is 37.0 Å². The van der Waals surface area contributed by atoms with E-state index in [-0.39, 0.29) is 25.7 Å². The molecule has 0 saturated carbocycles. The second-order valence-corrected chi connectivity index (χ2v) is 28.3. The lowest BCUT2D eigenvalue weighted by Gasteiger charge is -2.21. The van der Waals surface area contributed by atoms with Crippen molar-refractivity contribution < 1.29 is 80.2 Å². The van der Waals surface area contributed by atoms with Crippen molar-refractivity contribution in [2.45, 2.75) is 349 Å². The van der Waals surface area contributed by atoms with E-state index in [0.29, 0.717) is 25.7 Å². The lowest BCUT2D eigenvalue weighted by atomic mass is 10.00. The summed E-state index contributed by atoms with van der Waals surface area (Å²) in [6, 6.07) is 0. The molecule has 0 aromatic carbocycles. The molecule has 0 radical (unpaired) electrons. The fraction of sp³-hybridized carbons (Fsp3) is 0.940. The van der Waals surface area contributed by atoms with Gasteiger partial charge in [0.2, 0.25) is 0 Å². The highest BCUT2D eigenvalue weighted by Crippen LogP contribution is 2.45. The average molecular weight is 1270 g/mol. The van der Waals surface area contributed by atoms with Crippen LogP contribution in [0, 0.1) is 17.8 Å². The molecule has 86 heavy (non-hydrogen) atoms. The van der Waals surface area contributed by atoms with Crippen molar-refractivity contribution in [3.8, 4) is 0 Å². The van der Waals surface area contributed by atoms with Crippen LogP contribution in [0.1, 0.15) is 331 Å². The molecule has 17 nitrogen and oxygen atoms in total. The van der Waals surface area contributed by atoms with Gasteiger partial charge in [0.05, 0.1) is 26.4 Å². The maximum absolute atomic E-state index is 13.0. The Kier molecular flexibility index (Phi) is 56.9. The molecule has 0 aliphatic heterocycles. The van der Waals surface area contributed by atoms with E-state index in [2.05, 4.69) is 48.5 Å². The summed E-state index contributed by atoms with van der Waals surface area (Å²) in [7, 11) is -9.89. The summed E-state index contributed by atoms with van der Waals surface area (Å²) in [6.45, 7) is 11.7. The summed E-state index contributed by atoms with van der Waals surface area (Å²) in [5.74, 6) is 0.143. The Bertz CT molecular complexity index is 1700. The number of phosphoric ester groups is 2. The van der Waals surface area contributed by atoms with Gasteiger partial charge in [0.15, 0.2) is 12.2 Å². The zero-order valence-corrected chi connectivity index (χ0v) is 57.6. The van der Waals surface area contributed by atoms with Gasteiger partial charge in [-0.1, -0.05) is 280 Å². The highest BCUT2D eigenvalue weighted by molar-refractivity contribution is 7.47. The number of carbonyl (C=O) groups is 4. The van der Waals surface area contributed by atoms with Gasteiger partial charge in [-0.3, -0.25) is 37.3 Å². The molecule has 0 aliphatic carbocycles. The van der Waals surface area contributed by atoms with Crippen LogP contribution in [0.3, 0.4) is 0 Å². The first-order valence-electron chi connectivity index (χ1n) is 34.9. The summed E-state index contributed by atoms with van der Waals surface area (Å²) in [4.78, 5) is 72.1. The summed E-state index contributed by atoms with van der Waals surface area (Å²) < 4.78 is 67.9. The van der Waals surface area contributed by atoms with Crippen LogP contribution in [-0.2, 0) is 65.4 Å². The third-order valence-electron chi connectivity index (χ3n) is 15.7. The van der Waals surface area contributed by atoms with E-state index < -0.39 is 97.5 Å². The second-order valence-electron chi connectivity index (χ2n) is 25.4. The molecule has 3 N–H and O–H groups in total. The Labute approximate surface area is 524 Å². The minimum absolute atomic E-state index is 0.102. The summed E-state index contributed by atoms with van der Waals surface area (Å²) in [5.41, 5.74) is 0. The molecule has 19 heteroatoms. The van der Waals surface area contributed by atoms with Crippen molar-refractivity contribution in [1.82, 2.24) is 0 Å². The van der Waals surface area contributed by atoms with Gasteiger partial charge in [0.25, 0.3) is 0 Å². The Balaban J connectivity index is 5.17. The monoisotopic (exact) mass is 1270 g/mol. The predicted octanol–water partition coefficient (Wildman–Crippen LogP) is 18.7. The smallest absolute Gasteiger partial charge is 0.462 e. The molecule has 0 aromatic rings. The van der Waals surface area contributed by atoms with Gasteiger partial charge in [-0.25, -0.2) is 9.13 Å². The fourth-order valence-corrected chi connectivity index (χ4v) is 11.6. The number of aliphatic hydroxyl groups is 1. The van der Waals surface area contributed by atoms with Crippen molar-refractivity contribution in [1.29, 1.82) is 0 Å². The van der Waals surface area contributed by atoms with Crippen LogP contribution in [0.5, 0.6) is 0 Å². The molecule has 510 valence electrons. The van der Waals surface area contributed by atoms with Crippen LogP contribution in [0.25, 0.3) is 0 Å². The van der Waals surface area contributed by atoms with Crippen LogP contribution in [0.2, 0.25) is 0 Å². The molecule has 3 unspecified atom stereocenters. The number of carbonyl (C=O) groups excluding carboxylic acids is 4. The Morgan fingerprint density at radius 1 is 0.337 bits per heavy atom. The number of hydrogen-bond donors (Lipinski definition) is 3. The van der Waals surface area contributed by atoms with Gasteiger partial charge in [-0.2, -0.15) is 0 Å². The lowest BCUT2D eigenvalue weighted by molar-refractivity contribution is -0.161. The highest BCUT2D eigenvalue weighted by atomic mass is 31.2. The van der Waals surface area contributed by atoms with Gasteiger partial charge in [0, 0.05) is 25.7 Å². The first-order valence-corrected chi connectivity index (χ1v) is 37.9. The first-order chi connectivity index (χ1) is 41.3. The minimum atomic E-state index is -4.95. The predicted molar refractivity (Wildman–Crippen MR) is 344 cm³/mol. The fourth-order valence-electron chi connectivity index (χ4n) is 9.98. The van der Waals surface area contributed by atoms with Gasteiger partial charge >= 0.3 is 39.5 Å². The van der Waals surface area contributed by atoms with Crippen LogP contribution in [-0.4, -0.2) is 96.7 Å². The highest BCUT2D eigenvalue weighted by Gasteiger charge is 2.30. The van der Waals surface area contributed by atoms with Crippen LogP contribution < -0.4 is 0 Å². The van der Waals surface area contributed by atoms with Gasteiger partial charge < -0.3 is 33.8 Å². The average Bonchev–Trinajstić information content (AvgIpc) is 3.54. The van der Waals surface area contributed by atoms with E-state index in [9.17, 15) is 43.2 Å². The maximum atomic E-state index is 13.0. The van der Waals surface area contributed by atoms with Gasteiger partial charge in [0.1, 0.15) is 19.3 Å². The van der Waals surface area contributed by atoms with Crippen LogP contribution >= 0.6 is 15.6 Å². The number of aliphatic hydroxyl groups excluding tert-OH is 1. The number of ether oxygens (including phenoxy) is 4. The molecule has 0 saturated heterocycles. The number of unbranched alkanes of at least 4 members (excludes halogenated alkanes) is 32. The van der Waals surface area contributed by atoms with Crippen LogP contribution in [0.4, 0.5) is 0 Å². The molecular weight excluding hydrogens is 1140 g/mol. The first kappa shape index (κ1) is 84.1. The topological polar surface area (TPSA) is 237 Å². The van der Waals surface area contributed by atoms with Gasteiger partial charge in [-0.05, 0) is 43.4 Å². The van der Waals surface area contributed by atoms with Crippen molar-refractivity contribution in [2.75, 3.05) is 39.6 Å². The molecular formula is C67H130O17P2. The minimum Gasteiger partial charge on any atom is -0.462 e. The molecule has 0 heterocycles. The second kappa shape index (κ2) is 58.2. The van der Waals surface area contributed by atoms with Crippen molar-refractivity contribution >= 4 is 39.5 Å². The molecule has 0 rings (SSSR count). The molecule has 0 aliphatic rings. The number of phosphoric acid groups is 2. The normalized spacial score (nSPS) is 14.6. The van der Waals surface area contributed by atoms with E-state index in [1.54, 1.807) is 0 Å². The van der Waals surface area contributed by atoms with E-state index in [1.807, 2.05) is 0 Å². The third-order valence-corrected chi connectivity index (χ3v) is 17.6. The molecule has 0 fully saturated rings. The lowest BCUT2D eigenvalue weighted by Crippen LogP contribution is -2.30. The summed E-state index contributed by atoms with van der Waals surface area (Å²) >= 11 is 0. The number of rotatable bonds is 65. The van der Waals surface area contributed by atoms with Crippen molar-refractivity contribution in [3.63, 3.8) is 0 Å². The van der Waals surface area contributed by atoms with Crippen LogP contribution in [0.15, 0.2) is 0 Å². The van der Waals surface area contributed by atoms with E-state index >= 15 is 0 Å². The Morgan fingerprint density at radius 2 is 0.593 bits per heavy atom. The maximum Gasteiger partial charge on any atom is 0.472 e. The zero-order valence-electron chi connectivity index (χ0n) is 55.8. The van der Waals surface area contributed by atoms with Gasteiger partial charge in [-0.15, -0.1) is 0 Å². The molecule has 6 atom stereocenters. The van der Waals surface area contributed by atoms with E-state index in [0.717, 1.165) is 114 Å². The van der Waals surface area contributed by atoms with Crippen molar-refractivity contribution in [2.24, 2.45) is 17.8 Å². The Hall–Kier alpha value is -1.94. The zero-order chi connectivity index (χ0) is 63.8. The van der Waals surface area contributed by atoms with Crippen molar-refractivity contribution in [3.05, 3.63) is 0 Å². The van der Waals surface area contributed by atoms with E-state index in [1.165, 1.54) is 135 Å². The summed E-state index contributed by atoms with van der Waals surface area (Å²) in [6.07, 6.45) is 40.7. The number of esters is 4. The molecule has 0 bridgehead atoms.